The second-order valence-corrected chi connectivity index (χ2v) is 5.67. The first kappa shape index (κ1) is 11.4. The van der Waals surface area contributed by atoms with Crippen molar-refractivity contribution in [1.29, 1.82) is 0 Å². The van der Waals surface area contributed by atoms with Crippen molar-refractivity contribution in [3.05, 3.63) is 21.8 Å². The zero-order chi connectivity index (χ0) is 12.0. The first-order valence-corrected chi connectivity index (χ1v) is 5.63. The van der Waals surface area contributed by atoms with Crippen LogP contribution in [0.2, 0.25) is 0 Å². The highest BCUT2D eigenvalue weighted by atomic mass is 17.0. The molecule has 0 aliphatic heterocycles. The molecule has 2 N–H and O–H groups in total. The maximum atomic E-state index is 10.6. The highest BCUT2D eigenvalue weighted by Crippen LogP contribution is 2.46. The monoisotopic (exact) mass is 226 g/mol. The molecule has 0 radical (unpaired) electrons. The molecule has 2 aliphatic rings. The minimum absolute atomic E-state index is 0.427. The highest BCUT2D eigenvalue weighted by Gasteiger charge is 2.47. The van der Waals surface area contributed by atoms with E-state index in [1.807, 2.05) is 6.92 Å². The summed E-state index contributed by atoms with van der Waals surface area (Å²) in [6, 6.07) is 0. The Hall–Kier alpha value is -1.10. The van der Waals surface area contributed by atoms with Gasteiger partial charge in [0.05, 0.1) is 0 Å². The molecule has 3 atom stereocenters. The number of hydrogen-bond acceptors (Lipinski definition) is 4. The van der Waals surface area contributed by atoms with Gasteiger partial charge in [0.2, 0.25) is 0 Å². The van der Waals surface area contributed by atoms with Gasteiger partial charge in [0, 0.05) is 5.54 Å². The van der Waals surface area contributed by atoms with Gasteiger partial charge in [-0.2, -0.15) is 0 Å². The second-order valence-electron chi connectivity index (χ2n) is 5.67. The molecule has 0 heterocycles. The molecule has 16 heavy (non-hydrogen) atoms. The van der Waals surface area contributed by atoms with Gasteiger partial charge in [-0.25, -0.2) is 0 Å². The average Bonchev–Trinajstić information content (AvgIpc) is 1.93. The Balaban J connectivity index is 2.30. The quantitative estimate of drug-likeness (QED) is 0.442. The van der Waals surface area contributed by atoms with Gasteiger partial charge in [0.1, 0.15) is 5.60 Å². The topological polar surface area (TPSA) is 78.4 Å². The fourth-order valence-corrected chi connectivity index (χ4v) is 3.43. The molecule has 5 nitrogen and oxygen atoms in total. The summed E-state index contributed by atoms with van der Waals surface area (Å²) in [5, 5.41) is 9.93. The number of rotatable bonds is 2. The van der Waals surface area contributed by atoms with Gasteiger partial charge in [-0.05, 0) is 38.5 Å². The van der Waals surface area contributed by atoms with E-state index in [4.69, 9.17) is 10.6 Å². The summed E-state index contributed by atoms with van der Waals surface area (Å²) in [6.45, 7) is 4.00. The molecule has 0 aromatic carbocycles. The number of hydrogen-bond donors (Lipinski definition) is 1. The molecular weight excluding hydrogens is 208 g/mol. The maximum Gasteiger partial charge on any atom is 0.295 e. The van der Waals surface area contributed by atoms with Gasteiger partial charge in [-0.1, -0.05) is 18.6 Å². The van der Waals surface area contributed by atoms with Crippen LogP contribution in [0.5, 0.6) is 0 Å². The van der Waals surface area contributed by atoms with Crippen molar-refractivity contribution in [3.8, 4) is 0 Å². The summed E-state index contributed by atoms with van der Waals surface area (Å²) >= 11 is 0. The van der Waals surface area contributed by atoms with Crippen molar-refractivity contribution in [2.45, 2.75) is 50.7 Å². The molecule has 0 aromatic rings. The lowest BCUT2D eigenvalue weighted by atomic mass is 9.66. The Morgan fingerprint density at radius 3 is 3.00 bits per heavy atom. The Morgan fingerprint density at radius 1 is 1.69 bits per heavy atom. The summed E-state index contributed by atoms with van der Waals surface area (Å²) in [7, 11) is 0. The molecule has 2 bridgehead atoms. The third kappa shape index (κ3) is 2.19. The van der Waals surface area contributed by atoms with E-state index in [9.17, 15) is 10.1 Å². The molecule has 2 rings (SSSR count). The number of fused-ring (bicyclic) bond motifs is 2. The van der Waals surface area contributed by atoms with Crippen LogP contribution in [0.25, 0.3) is 0 Å². The molecule has 1 fully saturated rings. The van der Waals surface area contributed by atoms with Crippen molar-refractivity contribution < 1.29 is 9.92 Å². The first-order valence-electron chi connectivity index (χ1n) is 5.63. The molecule has 0 aromatic heterocycles. The minimum atomic E-state index is -0.686. The van der Waals surface area contributed by atoms with Crippen LogP contribution in [-0.4, -0.2) is 16.2 Å². The normalized spacial score (nSPS) is 42.4. The summed E-state index contributed by atoms with van der Waals surface area (Å²) in [5.41, 5.74) is 6.13. The number of nitrogens with zero attached hydrogens (tertiary/aromatic N) is 1. The first-order chi connectivity index (χ1) is 7.30. The molecule has 0 amide bonds. The molecule has 2 aliphatic carbocycles. The summed E-state index contributed by atoms with van der Waals surface area (Å²) in [5.74, 6) is 0.427. The lowest BCUT2D eigenvalue weighted by Gasteiger charge is -2.46. The Bertz CT molecular complexity index is 351. The van der Waals surface area contributed by atoms with E-state index in [2.05, 4.69) is 13.0 Å². The largest absolute Gasteiger partial charge is 0.322 e. The molecule has 0 saturated heterocycles. The van der Waals surface area contributed by atoms with E-state index in [1.54, 1.807) is 0 Å². The van der Waals surface area contributed by atoms with Crippen LogP contribution in [0.3, 0.4) is 0 Å². The predicted molar refractivity (Wildman–Crippen MR) is 59.1 cm³/mol. The van der Waals surface area contributed by atoms with Crippen LogP contribution in [0.1, 0.15) is 39.5 Å². The zero-order valence-electron chi connectivity index (χ0n) is 9.73. The van der Waals surface area contributed by atoms with Crippen LogP contribution in [0, 0.1) is 16.0 Å². The summed E-state index contributed by atoms with van der Waals surface area (Å²) < 4.78 is 0. The minimum Gasteiger partial charge on any atom is -0.322 e. The third-order valence-electron chi connectivity index (χ3n) is 3.39. The van der Waals surface area contributed by atoms with Gasteiger partial charge in [-0.3, -0.25) is 0 Å². The van der Waals surface area contributed by atoms with Gasteiger partial charge in [0.15, 0.2) is 0 Å². The van der Waals surface area contributed by atoms with Crippen molar-refractivity contribution >= 4 is 0 Å². The Labute approximate surface area is 94.7 Å². The van der Waals surface area contributed by atoms with Crippen molar-refractivity contribution in [2.24, 2.45) is 11.7 Å². The summed E-state index contributed by atoms with van der Waals surface area (Å²) in [6.07, 6.45) is 4.94. The van der Waals surface area contributed by atoms with Crippen LogP contribution in [0.15, 0.2) is 11.6 Å². The molecule has 1 saturated carbocycles. The van der Waals surface area contributed by atoms with Crippen molar-refractivity contribution in [3.63, 3.8) is 0 Å². The Kier molecular flexibility index (Phi) is 2.45. The molecule has 5 heteroatoms. The van der Waals surface area contributed by atoms with Crippen LogP contribution >= 0.6 is 0 Å². The van der Waals surface area contributed by atoms with Gasteiger partial charge in [0.25, 0.3) is 5.09 Å². The standard InChI is InChI=1S/C11H18N2O3/c1-8-3-9-5-10(2,12)7-11(4-8,6-9)16-13(14)15/h5,8H,3-4,6-7,12H2,1-2H3. The Morgan fingerprint density at radius 2 is 2.38 bits per heavy atom. The van der Waals surface area contributed by atoms with E-state index in [1.165, 1.54) is 5.57 Å². The van der Waals surface area contributed by atoms with Gasteiger partial charge in [-0.15, -0.1) is 10.1 Å². The fourth-order valence-electron chi connectivity index (χ4n) is 3.43. The lowest BCUT2D eigenvalue weighted by molar-refractivity contribution is -0.783. The SMILES string of the molecule is CC1CC2=CC(C)(N)CC(O[N+](=O)[O-])(C2)C1. The van der Waals surface area contributed by atoms with Gasteiger partial charge >= 0.3 is 0 Å². The van der Waals surface area contributed by atoms with E-state index in [0.29, 0.717) is 18.8 Å². The van der Waals surface area contributed by atoms with Crippen LogP contribution in [-0.2, 0) is 4.84 Å². The van der Waals surface area contributed by atoms with E-state index in [-0.39, 0.29) is 0 Å². The van der Waals surface area contributed by atoms with E-state index in [0.717, 1.165) is 12.8 Å². The molecule has 90 valence electrons. The number of nitrogens with two attached hydrogens (primary N) is 1. The highest BCUT2D eigenvalue weighted by molar-refractivity contribution is 5.24. The van der Waals surface area contributed by atoms with Crippen molar-refractivity contribution in [1.82, 2.24) is 0 Å². The van der Waals surface area contributed by atoms with Gasteiger partial charge < -0.3 is 10.6 Å². The molecule has 3 unspecified atom stereocenters. The average molecular weight is 226 g/mol. The van der Waals surface area contributed by atoms with E-state index < -0.39 is 16.2 Å². The van der Waals surface area contributed by atoms with Crippen LogP contribution < -0.4 is 5.73 Å². The summed E-state index contributed by atoms with van der Waals surface area (Å²) in [4.78, 5) is 15.6. The third-order valence-corrected chi connectivity index (χ3v) is 3.39. The predicted octanol–water partition coefficient (Wildman–Crippen LogP) is 1.80. The second kappa shape index (κ2) is 3.45. The van der Waals surface area contributed by atoms with E-state index >= 15 is 0 Å². The van der Waals surface area contributed by atoms with Crippen molar-refractivity contribution in [2.75, 3.05) is 0 Å². The van der Waals surface area contributed by atoms with Crippen LogP contribution in [0.4, 0.5) is 0 Å². The maximum absolute atomic E-state index is 10.6. The zero-order valence-corrected chi connectivity index (χ0v) is 9.73. The molecule has 0 spiro atoms. The fraction of sp³-hybridized carbons (Fsp3) is 0.818. The lowest BCUT2D eigenvalue weighted by Crippen LogP contribution is -2.52. The smallest absolute Gasteiger partial charge is 0.295 e. The molecular formula is C11H18N2O3.